The molecule has 2 aromatic rings. The van der Waals surface area contributed by atoms with Gasteiger partial charge in [-0.2, -0.15) is 0 Å². The van der Waals surface area contributed by atoms with Gasteiger partial charge in [-0.05, 0) is 48.1 Å². The highest BCUT2D eigenvalue weighted by molar-refractivity contribution is 5.82. The lowest BCUT2D eigenvalue weighted by molar-refractivity contribution is -0.118. The highest BCUT2D eigenvalue weighted by atomic mass is 16.1. The molecule has 2 aromatic carbocycles. The second kappa shape index (κ2) is 7.65. The topological polar surface area (TPSA) is 17.1 Å². The van der Waals surface area contributed by atoms with Gasteiger partial charge in [0.1, 0.15) is 5.78 Å². The first kappa shape index (κ1) is 17.4. The number of ketones is 1. The first-order valence-electron chi connectivity index (χ1n) is 9.09. The average molecular weight is 330 g/mol. The summed E-state index contributed by atoms with van der Waals surface area (Å²) in [5.74, 6) is 0.731. The second-order valence-corrected chi connectivity index (χ2v) is 7.04. The maximum Gasteiger partial charge on any atom is 0.137 e. The van der Waals surface area contributed by atoms with E-state index in [2.05, 4.69) is 75.4 Å². The lowest BCUT2D eigenvalue weighted by Crippen LogP contribution is -2.07. The van der Waals surface area contributed by atoms with Gasteiger partial charge in [-0.1, -0.05) is 73.2 Å². The van der Waals surface area contributed by atoms with E-state index in [-0.39, 0.29) is 0 Å². The molecule has 0 aromatic heterocycles. The summed E-state index contributed by atoms with van der Waals surface area (Å²) < 4.78 is 0. The first-order valence-corrected chi connectivity index (χ1v) is 9.09. The van der Waals surface area contributed by atoms with Gasteiger partial charge in [0.25, 0.3) is 0 Å². The number of allylic oxidation sites excluding steroid dienone is 4. The van der Waals surface area contributed by atoms with Crippen LogP contribution in [0, 0.1) is 19.8 Å². The molecule has 1 aliphatic rings. The zero-order chi connectivity index (χ0) is 17.8. The zero-order valence-electron chi connectivity index (χ0n) is 15.4. The molecule has 3 rings (SSSR count). The highest BCUT2D eigenvalue weighted by Crippen LogP contribution is 2.36. The third-order valence-corrected chi connectivity index (χ3v) is 5.32. The molecule has 0 saturated carbocycles. The molecule has 0 fully saturated rings. The van der Waals surface area contributed by atoms with Crippen molar-refractivity contribution in [2.75, 3.05) is 0 Å². The van der Waals surface area contributed by atoms with Gasteiger partial charge in [-0.15, -0.1) is 0 Å². The number of hydrogen-bond acceptors (Lipinski definition) is 1. The fourth-order valence-electron chi connectivity index (χ4n) is 3.66. The third-order valence-electron chi connectivity index (χ3n) is 5.32. The number of aryl methyl sites for hydroxylation is 2. The Morgan fingerprint density at radius 3 is 2.28 bits per heavy atom. The Morgan fingerprint density at radius 2 is 1.60 bits per heavy atom. The molecule has 0 saturated heterocycles. The van der Waals surface area contributed by atoms with Gasteiger partial charge in [0.05, 0.1) is 0 Å². The van der Waals surface area contributed by atoms with E-state index in [0.29, 0.717) is 24.5 Å². The van der Waals surface area contributed by atoms with E-state index in [1.807, 2.05) is 6.07 Å². The quantitative estimate of drug-likeness (QED) is 0.649. The molecule has 0 heterocycles. The average Bonchev–Trinajstić information content (AvgIpc) is 2.98. The Balaban J connectivity index is 1.57. The normalized spacial score (nSPS) is 16.5. The Hall–Kier alpha value is -2.41. The van der Waals surface area contributed by atoms with Crippen LogP contribution in [-0.4, -0.2) is 5.78 Å². The summed E-state index contributed by atoms with van der Waals surface area (Å²) in [5.41, 5.74) is 7.64. The van der Waals surface area contributed by atoms with Crippen LogP contribution < -0.4 is 0 Å². The molecule has 25 heavy (non-hydrogen) atoms. The number of benzene rings is 2. The molecule has 0 spiro atoms. The van der Waals surface area contributed by atoms with Crippen LogP contribution in [0.1, 0.15) is 42.0 Å². The summed E-state index contributed by atoms with van der Waals surface area (Å²) in [6, 6.07) is 16.8. The van der Waals surface area contributed by atoms with Crippen LogP contribution in [0.3, 0.4) is 0 Å². The number of Topliss-reactive ketones (excluding diaryl/α,β-unsaturated/α-hetero) is 1. The zero-order valence-corrected chi connectivity index (χ0v) is 15.4. The van der Waals surface area contributed by atoms with Crippen molar-refractivity contribution in [1.29, 1.82) is 0 Å². The van der Waals surface area contributed by atoms with E-state index >= 15 is 0 Å². The van der Waals surface area contributed by atoms with Crippen molar-refractivity contribution in [2.24, 2.45) is 5.92 Å². The fraction of sp³-hybridized carbons (Fsp3) is 0.292. The first-order chi connectivity index (χ1) is 12.1. The summed E-state index contributed by atoms with van der Waals surface area (Å²) in [5, 5.41) is 0. The maximum atomic E-state index is 12.5. The number of hydrogen-bond donors (Lipinski definition) is 0. The molecule has 1 heteroatoms. The lowest BCUT2D eigenvalue weighted by Gasteiger charge is -2.15. The van der Waals surface area contributed by atoms with E-state index in [9.17, 15) is 4.79 Å². The second-order valence-electron chi connectivity index (χ2n) is 7.04. The third kappa shape index (κ3) is 3.99. The molecule has 1 nitrogen and oxygen atoms in total. The van der Waals surface area contributed by atoms with Gasteiger partial charge in [0.2, 0.25) is 0 Å². The molecular formula is C24H26O. The van der Waals surface area contributed by atoms with E-state index in [0.717, 1.165) is 6.42 Å². The fourth-order valence-corrected chi connectivity index (χ4v) is 3.66. The summed E-state index contributed by atoms with van der Waals surface area (Å²) in [6.07, 6.45) is 6.46. The predicted molar refractivity (Wildman–Crippen MR) is 106 cm³/mol. The Labute approximate surface area is 151 Å². The van der Waals surface area contributed by atoms with Crippen molar-refractivity contribution in [1.82, 2.24) is 0 Å². The van der Waals surface area contributed by atoms with Crippen LogP contribution in [0.25, 0.3) is 5.57 Å². The Kier molecular flexibility index (Phi) is 5.33. The molecular weight excluding hydrogens is 304 g/mol. The van der Waals surface area contributed by atoms with Crippen molar-refractivity contribution in [3.8, 4) is 0 Å². The molecule has 0 radical (unpaired) electrons. The molecule has 0 N–H and O–H groups in total. The van der Waals surface area contributed by atoms with Crippen LogP contribution >= 0.6 is 0 Å². The van der Waals surface area contributed by atoms with Crippen molar-refractivity contribution in [2.45, 2.75) is 40.0 Å². The number of carbonyl (C=O) groups excluding carboxylic acids is 1. The molecule has 0 bridgehead atoms. The van der Waals surface area contributed by atoms with Gasteiger partial charge in [0, 0.05) is 18.8 Å². The monoisotopic (exact) mass is 330 g/mol. The standard InChI is InChI=1S/C24H26O/c1-17-8-7-9-18(2)24(17)16-22(25)14-12-20-13-15-23(19(20)3)21-10-5-4-6-11-21/h4-11,13,15,19H,12,14,16H2,1-3H3. The molecule has 128 valence electrons. The van der Waals surface area contributed by atoms with E-state index in [1.54, 1.807) is 0 Å². The minimum absolute atomic E-state index is 0.332. The van der Waals surface area contributed by atoms with Crippen molar-refractivity contribution < 1.29 is 4.79 Å². The lowest BCUT2D eigenvalue weighted by atomic mass is 9.89. The summed E-state index contributed by atoms with van der Waals surface area (Å²) >= 11 is 0. The molecule has 0 amide bonds. The van der Waals surface area contributed by atoms with Gasteiger partial charge >= 0.3 is 0 Å². The minimum atomic E-state index is 0.332. The van der Waals surface area contributed by atoms with E-state index in [4.69, 9.17) is 0 Å². The summed E-state index contributed by atoms with van der Waals surface area (Å²) in [7, 11) is 0. The summed E-state index contributed by atoms with van der Waals surface area (Å²) in [4.78, 5) is 12.5. The van der Waals surface area contributed by atoms with Crippen LogP contribution in [0.2, 0.25) is 0 Å². The smallest absolute Gasteiger partial charge is 0.137 e. The Bertz CT molecular complexity index is 804. The summed E-state index contributed by atoms with van der Waals surface area (Å²) in [6.45, 7) is 6.42. The number of rotatable bonds is 6. The number of carbonyl (C=O) groups is 1. The van der Waals surface area contributed by atoms with Crippen molar-refractivity contribution in [3.63, 3.8) is 0 Å². The minimum Gasteiger partial charge on any atom is -0.299 e. The van der Waals surface area contributed by atoms with Crippen LogP contribution in [-0.2, 0) is 11.2 Å². The van der Waals surface area contributed by atoms with Crippen LogP contribution in [0.5, 0.6) is 0 Å². The largest absolute Gasteiger partial charge is 0.299 e. The van der Waals surface area contributed by atoms with Crippen LogP contribution in [0.15, 0.2) is 66.3 Å². The van der Waals surface area contributed by atoms with Gasteiger partial charge < -0.3 is 0 Å². The van der Waals surface area contributed by atoms with Gasteiger partial charge in [-0.25, -0.2) is 0 Å². The predicted octanol–water partition coefficient (Wildman–Crippen LogP) is 5.85. The molecule has 1 aliphatic carbocycles. The maximum absolute atomic E-state index is 12.5. The highest BCUT2D eigenvalue weighted by Gasteiger charge is 2.20. The van der Waals surface area contributed by atoms with Crippen molar-refractivity contribution >= 4 is 11.4 Å². The van der Waals surface area contributed by atoms with E-state index < -0.39 is 0 Å². The Morgan fingerprint density at radius 1 is 0.920 bits per heavy atom. The van der Waals surface area contributed by atoms with Crippen molar-refractivity contribution in [3.05, 3.63) is 88.5 Å². The van der Waals surface area contributed by atoms with Crippen LogP contribution in [0.4, 0.5) is 0 Å². The van der Waals surface area contributed by atoms with Gasteiger partial charge in [0.15, 0.2) is 0 Å². The molecule has 0 aliphatic heterocycles. The van der Waals surface area contributed by atoms with E-state index in [1.165, 1.54) is 33.4 Å². The molecule has 1 atom stereocenters. The SMILES string of the molecule is Cc1cccc(C)c1CC(=O)CCC1=CC=C(c2ccccc2)C1C. The molecule has 1 unspecified atom stereocenters. The van der Waals surface area contributed by atoms with Gasteiger partial charge in [-0.3, -0.25) is 4.79 Å².